The summed E-state index contributed by atoms with van der Waals surface area (Å²) in [6.07, 6.45) is 7.40. The van der Waals surface area contributed by atoms with E-state index >= 15 is 0 Å². The molecule has 0 aliphatic carbocycles. The fourth-order valence-corrected chi connectivity index (χ4v) is 5.86. The summed E-state index contributed by atoms with van der Waals surface area (Å²) in [6.45, 7) is 2.28. The summed E-state index contributed by atoms with van der Waals surface area (Å²) in [6, 6.07) is 0.392. The molecule has 3 N–H and O–H groups in total. The standard InChI is InChI=1S/C13H24N4S2/c1-3-12-13(19-7-6-18-12)11(16-14)5-4-10-8-15-17(2)9-10/h8-9,11-13,16H,3-7,14H2,1-2H3. The van der Waals surface area contributed by atoms with Crippen molar-refractivity contribution in [2.75, 3.05) is 11.5 Å². The molecule has 0 amide bonds. The van der Waals surface area contributed by atoms with Crippen LogP contribution in [0.4, 0.5) is 0 Å². The zero-order valence-electron chi connectivity index (χ0n) is 11.7. The first-order valence-electron chi connectivity index (χ1n) is 6.91. The van der Waals surface area contributed by atoms with Gasteiger partial charge in [-0.1, -0.05) is 6.92 Å². The lowest BCUT2D eigenvalue weighted by molar-refractivity contribution is 0.464. The number of nitrogens with zero attached hydrogens (tertiary/aromatic N) is 2. The lowest BCUT2D eigenvalue weighted by atomic mass is 10.0. The fourth-order valence-electron chi connectivity index (χ4n) is 2.58. The van der Waals surface area contributed by atoms with Gasteiger partial charge in [-0.25, -0.2) is 0 Å². The average molecular weight is 300 g/mol. The van der Waals surface area contributed by atoms with Crippen LogP contribution in [0, 0.1) is 0 Å². The van der Waals surface area contributed by atoms with Crippen molar-refractivity contribution in [3.8, 4) is 0 Å². The molecule has 2 heterocycles. The number of nitrogens with one attached hydrogen (secondary N) is 1. The molecule has 19 heavy (non-hydrogen) atoms. The molecule has 108 valence electrons. The Labute approximate surface area is 124 Å². The molecule has 2 rings (SSSR count). The molecule has 1 aromatic rings. The molecule has 0 bridgehead atoms. The van der Waals surface area contributed by atoms with Gasteiger partial charge in [0.05, 0.1) is 6.20 Å². The third-order valence-corrected chi connectivity index (χ3v) is 7.01. The van der Waals surface area contributed by atoms with Crippen LogP contribution in [-0.2, 0) is 13.5 Å². The number of hydrogen-bond donors (Lipinski definition) is 2. The highest BCUT2D eigenvalue weighted by molar-refractivity contribution is 8.07. The van der Waals surface area contributed by atoms with Gasteiger partial charge < -0.3 is 0 Å². The number of hydrogen-bond acceptors (Lipinski definition) is 5. The molecule has 0 saturated carbocycles. The van der Waals surface area contributed by atoms with Crippen LogP contribution in [0.15, 0.2) is 12.4 Å². The predicted molar refractivity (Wildman–Crippen MR) is 85.4 cm³/mol. The van der Waals surface area contributed by atoms with Crippen LogP contribution in [0.5, 0.6) is 0 Å². The zero-order chi connectivity index (χ0) is 13.7. The van der Waals surface area contributed by atoms with Gasteiger partial charge in [-0.15, -0.1) is 0 Å². The number of thioether (sulfide) groups is 2. The van der Waals surface area contributed by atoms with E-state index in [1.165, 1.54) is 23.5 Å². The molecule has 6 heteroatoms. The Morgan fingerprint density at radius 2 is 2.32 bits per heavy atom. The molecule has 3 unspecified atom stereocenters. The Morgan fingerprint density at radius 1 is 1.53 bits per heavy atom. The largest absolute Gasteiger partial charge is 0.276 e. The lowest BCUT2D eigenvalue weighted by Crippen LogP contribution is -2.48. The second kappa shape index (κ2) is 7.57. The molecular weight excluding hydrogens is 276 g/mol. The molecule has 0 aromatic carbocycles. The molecular formula is C13H24N4S2. The number of rotatable bonds is 6. The maximum absolute atomic E-state index is 5.80. The Kier molecular flexibility index (Phi) is 6.06. The Bertz CT molecular complexity index is 382. The van der Waals surface area contributed by atoms with Gasteiger partial charge >= 0.3 is 0 Å². The minimum atomic E-state index is 0.392. The summed E-state index contributed by atoms with van der Waals surface area (Å²) in [7, 11) is 1.96. The van der Waals surface area contributed by atoms with Crippen molar-refractivity contribution >= 4 is 23.5 Å². The van der Waals surface area contributed by atoms with E-state index in [0.717, 1.165) is 18.1 Å². The average Bonchev–Trinajstić information content (AvgIpc) is 2.86. The highest BCUT2D eigenvalue weighted by Crippen LogP contribution is 2.36. The van der Waals surface area contributed by atoms with E-state index in [2.05, 4.69) is 47.2 Å². The maximum atomic E-state index is 5.80. The predicted octanol–water partition coefficient (Wildman–Crippen LogP) is 1.81. The van der Waals surface area contributed by atoms with Crippen molar-refractivity contribution in [2.24, 2.45) is 12.9 Å². The maximum Gasteiger partial charge on any atom is 0.0521 e. The summed E-state index contributed by atoms with van der Waals surface area (Å²) in [5.74, 6) is 8.32. The van der Waals surface area contributed by atoms with E-state index in [-0.39, 0.29) is 0 Å². The summed E-state index contributed by atoms with van der Waals surface area (Å²) >= 11 is 4.19. The van der Waals surface area contributed by atoms with Crippen LogP contribution in [0.2, 0.25) is 0 Å². The SMILES string of the molecule is CCC1SCCSC1C(CCc1cnn(C)c1)NN. The van der Waals surface area contributed by atoms with Gasteiger partial charge in [0.1, 0.15) is 0 Å². The van der Waals surface area contributed by atoms with Crippen molar-refractivity contribution in [3.63, 3.8) is 0 Å². The smallest absolute Gasteiger partial charge is 0.0521 e. The highest BCUT2D eigenvalue weighted by atomic mass is 32.2. The number of nitrogens with two attached hydrogens (primary N) is 1. The second-order valence-corrected chi connectivity index (χ2v) is 7.62. The minimum absolute atomic E-state index is 0.392. The van der Waals surface area contributed by atoms with Gasteiger partial charge in [0, 0.05) is 41.3 Å². The molecule has 4 nitrogen and oxygen atoms in total. The van der Waals surface area contributed by atoms with Gasteiger partial charge in [0.2, 0.25) is 0 Å². The van der Waals surface area contributed by atoms with Crippen LogP contribution in [0.3, 0.4) is 0 Å². The molecule has 0 radical (unpaired) electrons. The van der Waals surface area contributed by atoms with Crippen LogP contribution in [0.1, 0.15) is 25.3 Å². The van der Waals surface area contributed by atoms with Crippen molar-refractivity contribution in [1.82, 2.24) is 15.2 Å². The molecule has 1 fully saturated rings. The van der Waals surface area contributed by atoms with Gasteiger partial charge in [0.25, 0.3) is 0 Å². The molecule has 1 aliphatic rings. The highest BCUT2D eigenvalue weighted by Gasteiger charge is 2.31. The van der Waals surface area contributed by atoms with Crippen LogP contribution in [0.25, 0.3) is 0 Å². The minimum Gasteiger partial charge on any atom is -0.276 e. The van der Waals surface area contributed by atoms with Crippen molar-refractivity contribution in [2.45, 2.75) is 42.7 Å². The summed E-state index contributed by atoms with van der Waals surface area (Å²) in [5.41, 5.74) is 4.35. The molecule has 1 aliphatic heterocycles. The molecule has 1 aromatic heterocycles. The van der Waals surface area contributed by atoms with Crippen LogP contribution < -0.4 is 11.3 Å². The number of aromatic nitrogens is 2. The van der Waals surface area contributed by atoms with Crippen LogP contribution >= 0.6 is 23.5 Å². The number of hydrazine groups is 1. The lowest BCUT2D eigenvalue weighted by Gasteiger charge is -2.35. The van der Waals surface area contributed by atoms with Crippen molar-refractivity contribution in [1.29, 1.82) is 0 Å². The topological polar surface area (TPSA) is 55.9 Å². The zero-order valence-corrected chi connectivity index (χ0v) is 13.3. The third-order valence-electron chi connectivity index (χ3n) is 3.61. The van der Waals surface area contributed by atoms with Gasteiger partial charge in [-0.2, -0.15) is 28.6 Å². The summed E-state index contributed by atoms with van der Waals surface area (Å²) in [4.78, 5) is 0. The van der Waals surface area contributed by atoms with E-state index < -0.39 is 0 Å². The first-order valence-corrected chi connectivity index (χ1v) is 9.01. The Balaban J connectivity index is 1.91. The Hall–Kier alpha value is -0.170. The van der Waals surface area contributed by atoms with Gasteiger partial charge in [0.15, 0.2) is 0 Å². The van der Waals surface area contributed by atoms with Crippen molar-refractivity contribution in [3.05, 3.63) is 18.0 Å². The van der Waals surface area contributed by atoms with E-state index in [9.17, 15) is 0 Å². The summed E-state index contributed by atoms with van der Waals surface area (Å²) < 4.78 is 1.86. The molecule has 3 atom stereocenters. The van der Waals surface area contributed by atoms with E-state index in [1.54, 1.807) is 0 Å². The van der Waals surface area contributed by atoms with Crippen molar-refractivity contribution < 1.29 is 0 Å². The second-order valence-electron chi connectivity index (χ2n) is 4.99. The van der Waals surface area contributed by atoms with E-state index in [0.29, 0.717) is 11.3 Å². The fraction of sp³-hybridized carbons (Fsp3) is 0.769. The molecule has 0 spiro atoms. The monoisotopic (exact) mass is 300 g/mol. The van der Waals surface area contributed by atoms with E-state index in [1.807, 2.05) is 17.9 Å². The van der Waals surface area contributed by atoms with Gasteiger partial charge in [-0.05, 0) is 24.8 Å². The van der Waals surface area contributed by atoms with Gasteiger partial charge in [-0.3, -0.25) is 16.0 Å². The van der Waals surface area contributed by atoms with E-state index in [4.69, 9.17) is 5.84 Å². The third kappa shape index (κ3) is 4.15. The van der Waals surface area contributed by atoms with Crippen LogP contribution in [-0.4, -0.2) is 37.8 Å². The number of aryl methyl sites for hydroxylation is 2. The first-order chi connectivity index (χ1) is 9.24. The summed E-state index contributed by atoms with van der Waals surface area (Å²) in [5, 5.41) is 5.58. The molecule has 1 saturated heterocycles. The Morgan fingerprint density at radius 3 is 2.95 bits per heavy atom. The first kappa shape index (κ1) is 15.2. The quantitative estimate of drug-likeness (QED) is 0.620. The normalized spacial score (nSPS) is 25.4.